The lowest BCUT2D eigenvalue weighted by Gasteiger charge is -2.03. The normalized spacial score (nSPS) is 10.5. The van der Waals surface area contributed by atoms with Crippen LogP contribution in [0.2, 0.25) is 5.02 Å². The molecule has 1 N–H and O–H groups in total. The van der Waals surface area contributed by atoms with Crippen LogP contribution in [0.25, 0.3) is 0 Å². The SMILES string of the molecule is O=C(c1ccc(Br)cc1)c1cnc(Nc2ccccc2Cl)s1. The Hall–Kier alpha value is -1.69. The van der Waals surface area contributed by atoms with Crippen molar-refractivity contribution in [1.29, 1.82) is 0 Å². The number of halogens is 2. The summed E-state index contributed by atoms with van der Waals surface area (Å²) in [5.41, 5.74) is 1.40. The number of ketones is 1. The van der Waals surface area contributed by atoms with Gasteiger partial charge in [-0.05, 0) is 36.4 Å². The van der Waals surface area contributed by atoms with Crippen LogP contribution in [0.3, 0.4) is 0 Å². The van der Waals surface area contributed by atoms with E-state index in [2.05, 4.69) is 26.2 Å². The molecule has 3 nitrogen and oxygen atoms in total. The third-order valence-electron chi connectivity index (χ3n) is 2.95. The average Bonchev–Trinajstić information content (AvgIpc) is 2.98. The predicted molar refractivity (Wildman–Crippen MR) is 94.4 cm³/mol. The summed E-state index contributed by atoms with van der Waals surface area (Å²) in [5, 5.41) is 4.37. The van der Waals surface area contributed by atoms with Crippen molar-refractivity contribution in [3.63, 3.8) is 0 Å². The summed E-state index contributed by atoms with van der Waals surface area (Å²) in [6, 6.07) is 14.7. The van der Waals surface area contributed by atoms with E-state index in [-0.39, 0.29) is 5.78 Å². The molecule has 6 heteroatoms. The van der Waals surface area contributed by atoms with Gasteiger partial charge in [-0.15, -0.1) is 0 Å². The maximum absolute atomic E-state index is 12.4. The third-order valence-corrected chi connectivity index (χ3v) is 4.72. The van der Waals surface area contributed by atoms with Crippen molar-refractivity contribution in [2.45, 2.75) is 0 Å². The van der Waals surface area contributed by atoms with Crippen LogP contribution >= 0.6 is 38.9 Å². The van der Waals surface area contributed by atoms with E-state index >= 15 is 0 Å². The molecule has 0 atom stereocenters. The second-order valence-electron chi connectivity index (χ2n) is 4.47. The summed E-state index contributed by atoms with van der Waals surface area (Å²) in [7, 11) is 0. The number of carbonyl (C=O) groups is 1. The molecular weight excluding hydrogens is 384 g/mol. The number of para-hydroxylation sites is 1. The fourth-order valence-corrected chi connectivity index (χ4v) is 3.10. The molecule has 110 valence electrons. The first kappa shape index (κ1) is 15.2. The minimum atomic E-state index is -0.0443. The third kappa shape index (κ3) is 3.38. The van der Waals surface area contributed by atoms with E-state index in [1.807, 2.05) is 30.3 Å². The first-order valence-electron chi connectivity index (χ1n) is 6.41. The molecule has 0 aliphatic rings. The quantitative estimate of drug-likeness (QED) is 0.592. The van der Waals surface area contributed by atoms with E-state index in [0.717, 1.165) is 10.2 Å². The number of benzene rings is 2. The molecule has 0 aliphatic carbocycles. The number of anilines is 2. The Bertz CT molecular complexity index is 817. The molecule has 0 bridgehead atoms. The van der Waals surface area contributed by atoms with Gasteiger partial charge < -0.3 is 5.32 Å². The van der Waals surface area contributed by atoms with Crippen LogP contribution in [0.5, 0.6) is 0 Å². The number of nitrogens with zero attached hydrogens (tertiary/aromatic N) is 1. The maximum Gasteiger partial charge on any atom is 0.204 e. The summed E-state index contributed by atoms with van der Waals surface area (Å²) >= 11 is 10.8. The second-order valence-corrected chi connectivity index (χ2v) is 6.82. The summed E-state index contributed by atoms with van der Waals surface area (Å²) in [5.74, 6) is -0.0443. The van der Waals surface area contributed by atoms with E-state index in [4.69, 9.17) is 11.6 Å². The summed E-state index contributed by atoms with van der Waals surface area (Å²) < 4.78 is 0.939. The number of hydrogen-bond acceptors (Lipinski definition) is 4. The number of rotatable bonds is 4. The highest BCUT2D eigenvalue weighted by Crippen LogP contribution is 2.28. The summed E-state index contributed by atoms with van der Waals surface area (Å²) in [6.45, 7) is 0. The van der Waals surface area contributed by atoms with Gasteiger partial charge in [0.1, 0.15) is 0 Å². The molecule has 0 saturated heterocycles. The van der Waals surface area contributed by atoms with Crippen molar-refractivity contribution in [1.82, 2.24) is 4.98 Å². The Morgan fingerprint density at radius 3 is 2.59 bits per heavy atom. The van der Waals surface area contributed by atoms with Crippen LogP contribution in [-0.2, 0) is 0 Å². The Labute approximate surface area is 145 Å². The fourth-order valence-electron chi connectivity index (χ4n) is 1.86. The molecule has 0 amide bonds. The fraction of sp³-hybridized carbons (Fsp3) is 0. The number of thiazole rings is 1. The van der Waals surface area contributed by atoms with E-state index in [0.29, 0.717) is 20.6 Å². The van der Waals surface area contributed by atoms with E-state index in [9.17, 15) is 4.79 Å². The first-order valence-corrected chi connectivity index (χ1v) is 8.40. The molecule has 0 spiro atoms. The van der Waals surface area contributed by atoms with Crippen LogP contribution < -0.4 is 5.32 Å². The molecule has 3 rings (SSSR count). The lowest BCUT2D eigenvalue weighted by atomic mass is 10.1. The van der Waals surface area contributed by atoms with Crippen molar-refractivity contribution in [2.24, 2.45) is 0 Å². The molecule has 0 unspecified atom stereocenters. The van der Waals surface area contributed by atoms with Crippen molar-refractivity contribution in [2.75, 3.05) is 5.32 Å². The predicted octanol–water partition coefficient (Wildman–Crippen LogP) is 5.53. The highest BCUT2D eigenvalue weighted by Gasteiger charge is 2.13. The van der Waals surface area contributed by atoms with Crippen LogP contribution in [0.1, 0.15) is 15.2 Å². The van der Waals surface area contributed by atoms with Crippen molar-refractivity contribution in [3.05, 3.63) is 74.7 Å². The molecule has 1 heterocycles. The van der Waals surface area contributed by atoms with Crippen molar-refractivity contribution in [3.8, 4) is 0 Å². The molecule has 0 aliphatic heterocycles. The Kier molecular flexibility index (Phi) is 4.57. The molecule has 0 saturated carbocycles. The van der Waals surface area contributed by atoms with E-state index < -0.39 is 0 Å². The molecule has 1 aromatic heterocycles. The van der Waals surface area contributed by atoms with Gasteiger partial charge in [0.15, 0.2) is 5.13 Å². The van der Waals surface area contributed by atoms with Crippen LogP contribution in [0.15, 0.2) is 59.2 Å². The second kappa shape index (κ2) is 6.60. The minimum Gasteiger partial charge on any atom is -0.330 e. The lowest BCUT2D eigenvalue weighted by molar-refractivity contribution is 0.104. The molecule has 0 radical (unpaired) electrons. The van der Waals surface area contributed by atoms with Gasteiger partial charge in [0.05, 0.1) is 21.8 Å². The zero-order chi connectivity index (χ0) is 15.5. The maximum atomic E-state index is 12.4. The van der Waals surface area contributed by atoms with E-state index in [1.54, 1.807) is 24.4 Å². The number of hydrogen-bond donors (Lipinski definition) is 1. The molecule has 0 fully saturated rings. The molecule has 22 heavy (non-hydrogen) atoms. The Morgan fingerprint density at radius 2 is 1.86 bits per heavy atom. The van der Waals surface area contributed by atoms with Gasteiger partial charge in [-0.3, -0.25) is 4.79 Å². The molecule has 3 aromatic rings. The number of carbonyl (C=O) groups excluding carboxylic acids is 1. The highest BCUT2D eigenvalue weighted by atomic mass is 79.9. The Morgan fingerprint density at radius 1 is 1.14 bits per heavy atom. The first-order chi connectivity index (χ1) is 10.6. The van der Waals surface area contributed by atoms with Gasteiger partial charge in [0, 0.05) is 10.0 Å². The number of nitrogens with one attached hydrogen (secondary N) is 1. The monoisotopic (exact) mass is 392 g/mol. The smallest absolute Gasteiger partial charge is 0.204 e. The van der Waals surface area contributed by atoms with Crippen LogP contribution in [-0.4, -0.2) is 10.8 Å². The van der Waals surface area contributed by atoms with Gasteiger partial charge in [-0.2, -0.15) is 0 Å². The zero-order valence-electron chi connectivity index (χ0n) is 11.2. The van der Waals surface area contributed by atoms with Gasteiger partial charge in [-0.1, -0.05) is 51.0 Å². The highest BCUT2D eigenvalue weighted by molar-refractivity contribution is 9.10. The van der Waals surface area contributed by atoms with Crippen molar-refractivity contribution >= 4 is 55.5 Å². The topological polar surface area (TPSA) is 42.0 Å². The molecular formula is C16H10BrClN2OS. The summed E-state index contributed by atoms with van der Waals surface area (Å²) in [4.78, 5) is 17.2. The largest absolute Gasteiger partial charge is 0.330 e. The van der Waals surface area contributed by atoms with Gasteiger partial charge in [0.2, 0.25) is 5.78 Å². The van der Waals surface area contributed by atoms with Gasteiger partial charge in [-0.25, -0.2) is 4.98 Å². The van der Waals surface area contributed by atoms with E-state index in [1.165, 1.54) is 11.3 Å². The zero-order valence-corrected chi connectivity index (χ0v) is 14.4. The van der Waals surface area contributed by atoms with Crippen LogP contribution in [0, 0.1) is 0 Å². The van der Waals surface area contributed by atoms with Gasteiger partial charge >= 0.3 is 0 Å². The van der Waals surface area contributed by atoms with Gasteiger partial charge in [0.25, 0.3) is 0 Å². The minimum absolute atomic E-state index is 0.0443. The summed E-state index contributed by atoms with van der Waals surface area (Å²) in [6.07, 6.45) is 1.58. The standard InChI is InChI=1S/C16H10BrClN2OS/c17-11-7-5-10(6-8-11)15(21)14-9-19-16(22-14)20-13-4-2-1-3-12(13)18/h1-9H,(H,19,20). The molecule has 2 aromatic carbocycles. The number of aromatic nitrogens is 1. The van der Waals surface area contributed by atoms with Crippen molar-refractivity contribution < 1.29 is 4.79 Å². The Balaban J connectivity index is 1.80. The average molecular weight is 394 g/mol. The lowest BCUT2D eigenvalue weighted by Crippen LogP contribution is -1.97. The van der Waals surface area contributed by atoms with Crippen LogP contribution in [0.4, 0.5) is 10.8 Å².